The van der Waals surface area contributed by atoms with Gasteiger partial charge in [-0.25, -0.2) is 0 Å². The average molecular weight is 280 g/mol. The molecule has 5 heteroatoms. The fourth-order valence-corrected chi connectivity index (χ4v) is 2.31. The van der Waals surface area contributed by atoms with Gasteiger partial charge in [0.2, 0.25) is 5.88 Å². The van der Waals surface area contributed by atoms with Crippen molar-refractivity contribution >= 4 is 10.9 Å². The van der Waals surface area contributed by atoms with E-state index in [9.17, 15) is 0 Å². The van der Waals surface area contributed by atoms with Crippen molar-refractivity contribution in [3.63, 3.8) is 0 Å². The molecule has 2 aromatic heterocycles. The molecular weight excluding hydrogens is 264 g/mol. The molecular formula is C16H16N4O. The van der Waals surface area contributed by atoms with Crippen molar-refractivity contribution in [1.82, 2.24) is 15.2 Å². The first-order valence-electron chi connectivity index (χ1n) is 6.74. The minimum atomic E-state index is -0.214. The van der Waals surface area contributed by atoms with Crippen LogP contribution in [0.4, 0.5) is 0 Å². The highest BCUT2D eigenvalue weighted by atomic mass is 16.5. The van der Waals surface area contributed by atoms with Crippen molar-refractivity contribution in [1.29, 1.82) is 0 Å². The van der Waals surface area contributed by atoms with E-state index in [1.165, 1.54) is 0 Å². The van der Waals surface area contributed by atoms with Crippen LogP contribution in [0.3, 0.4) is 0 Å². The van der Waals surface area contributed by atoms with E-state index in [4.69, 9.17) is 10.5 Å². The first-order chi connectivity index (χ1) is 10.3. The van der Waals surface area contributed by atoms with Gasteiger partial charge in [-0.1, -0.05) is 18.2 Å². The second-order valence-electron chi connectivity index (χ2n) is 4.80. The molecule has 0 amide bonds. The fourth-order valence-electron chi connectivity index (χ4n) is 2.31. The molecule has 2 heterocycles. The molecule has 0 spiro atoms. The molecule has 5 nitrogen and oxygen atoms in total. The van der Waals surface area contributed by atoms with Crippen molar-refractivity contribution in [3.8, 4) is 5.88 Å². The fraction of sp³-hybridized carbons (Fsp3) is 0.188. The van der Waals surface area contributed by atoms with Crippen LogP contribution in [0.5, 0.6) is 5.88 Å². The quantitative estimate of drug-likeness (QED) is 0.793. The Kier molecular flexibility index (Phi) is 3.75. The van der Waals surface area contributed by atoms with E-state index in [-0.39, 0.29) is 6.04 Å². The zero-order chi connectivity index (χ0) is 14.7. The number of hydrogen-bond acceptors (Lipinski definition) is 5. The molecule has 106 valence electrons. The number of ether oxygens (including phenoxy) is 1. The number of nitrogens with two attached hydrogens (primary N) is 1. The summed E-state index contributed by atoms with van der Waals surface area (Å²) in [4.78, 5) is 4.36. The minimum Gasteiger partial charge on any atom is -0.480 e. The lowest BCUT2D eigenvalue weighted by Gasteiger charge is -2.12. The van der Waals surface area contributed by atoms with Crippen molar-refractivity contribution < 1.29 is 4.74 Å². The Balaban J connectivity index is 1.87. The smallest absolute Gasteiger partial charge is 0.233 e. The minimum absolute atomic E-state index is 0.214. The number of aromatic nitrogens is 3. The van der Waals surface area contributed by atoms with Crippen LogP contribution in [0.2, 0.25) is 0 Å². The van der Waals surface area contributed by atoms with Crippen molar-refractivity contribution in [2.75, 3.05) is 7.11 Å². The second-order valence-corrected chi connectivity index (χ2v) is 4.80. The average Bonchev–Trinajstić information content (AvgIpc) is 2.55. The van der Waals surface area contributed by atoms with Gasteiger partial charge in [-0.15, -0.1) is 5.10 Å². The van der Waals surface area contributed by atoms with E-state index in [1.54, 1.807) is 13.2 Å². The molecule has 0 radical (unpaired) electrons. The van der Waals surface area contributed by atoms with E-state index < -0.39 is 0 Å². The van der Waals surface area contributed by atoms with E-state index in [0.717, 1.165) is 22.2 Å². The molecule has 1 unspecified atom stereocenters. The number of nitrogens with zero attached hydrogens (tertiary/aromatic N) is 3. The molecule has 0 fully saturated rings. The molecule has 1 atom stereocenters. The van der Waals surface area contributed by atoms with Gasteiger partial charge >= 0.3 is 0 Å². The summed E-state index contributed by atoms with van der Waals surface area (Å²) in [5, 5.41) is 9.19. The SMILES string of the molecule is COc1ccc(C(N)Cc2ccnc3ccccc23)nn1. The number of benzene rings is 1. The molecule has 0 bridgehead atoms. The third-order valence-corrected chi connectivity index (χ3v) is 3.43. The monoisotopic (exact) mass is 280 g/mol. The summed E-state index contributed by atoms with van der Waals surface area (Å²) in [6.45, 7) is 0. The van der Waals surface area contributed by atoms with Gasteiger partial charge in [0.05, 0.1) is 24.4 Å². The summed E-state index contributed by atoms with van der Waals surface area (Å²) in [6.07, 6.45) is 2.49. The Morgan fingerprint density at radius 3 is 2.71 bits per heavy atom. The molecule has 0 saturated carbocycles. The highest BCUT2D eigenvalue weighted by molar-refractivity contribution is 5.81. The van der Waals surface area contributed by atoms with Gasteiger partial charge in [0.25, 0.3) is 0 Å². The summed E-state index contributed by atoms with van der Waals surface area (Å²) in [5.41, 5.74) is 9.13. The highest BCUT2D eigenvalue weighted by Gasteiger charge is 2.11. The number of methoxy groups -OCH3 is 1. The van der Waals surface area contributed by atoms with Crippen molar-refractivity contribution in [2.24, 2.45) is 5.73 Å². The van der Waals surface area contributed by atoms with Crippen LogP contribution in [0.15, 0.2) is 48.7 Å². The Morgan fingerprint density at radius 1 is 1.10 bits per heavy atom. The first kappa shape index (κ1) is 13.5. The van der Waals surface area contributed by atoms with E-state index in [1.807, 2.05) is 36.5 Å². The lowest BCUT2D eigenvalue weighted by atomic mass is 10.0. The number of hydrogen-bond donors (Lipinski definition) is 1. The maximum atomic E-state index is 6.25. The number of rotatable bonds is 4. The molecule has 3 aromatic rings. The summed E-state index contributed by atoms with van der Waals surface area (Å²) in [6, 6.07) is 13.4. The number of para-hydroxylation sites is 1. The Labute approximate surface area is 122 Å². The topological polar surface area (TPSA) is 73.9 Å². The lowest BCUT2D eigenvalue weighted by Crippen LogP contribution is -2.15. The molecule has 2 N–H and O–H groups in total. The standard InChI is InChI=1S/C16H16N4O/c1-21-16-7-6-15(19-20-16)13(17)10-11-8-9-18-14-5-3-2-4-12(11)14/h2-9,13H,10,17H2,1H3. The zero-order valence-electron chi connectivity index (χ0n) is 11.7. The van der Waals surface area contributed by atoms with Crippen molar-refractivity contribution in [2.45, 2.75) is 12.5 Å². The van der Waals surface area contributed by atoms with Gasteiger partial charge in [0.1, 0.15) is 0 Å². The molecule has 3 rings (SSSR count). The van der Waals surface area contributed by atoms with Gasteiger partial charge in [-0.3, -0.25) is 4.98 Å². The van der Waals surface area contributed by atoms with Crippen LogP contribution in [0.1, 0.15) is 17.3 Å². The van der Waals surface area contributed by atoms with E-state index >= 15 is 0 Å². The summed E-state index contributed by atoms with van der Waals surface area (Å²) in [7, 11) is 1.56. The van der Waals surface area contributed by atoms with Crippen LogP contribution < -0.4 is 10.5 Å². The molecule has 0 aliphatic carbocycles. The maximum absolute atomic E-state index is 6.25. The number of pyridine rings is 1. The third-order valence-electron chi connectivity index (χ3n) is 3.43. The van der Waals surface area contributed by atoms with Crippen LogP contribution in [-0.2, 0) is 6.42 Å². The first-order valence-corrected chi connectivity index (χ1v) is 6.74. The zero-order valence-corrected chi connectivity index (χ0v) is 11.7. The predicted molar refractivity (Wildman–Crippen MR) is 81.0 cm³/mol. The summed E-state index contributed by atoms with van der Waals surface area (Å²) < 4.78 is 5.00. The largest absolute Gasteiger partial charge is 0.480 e. The van der Waals surface area contributed by atoms with Gasteiger partial charge in [-0.2, -0.15) is 5.10 Å². The predicted octanol–water partition coefficient (Wildman–Crippen LogP) is 2.28. The molecule has 0 saturated heterocycles. The van der Waals surface area contributed by atoms with Gasteiger partial charge in [0, 0.05) is 17.6 Å². The van der Waals surface area contributed by atoms with Crippen LogP contribution in [0, 0.1) is 0 Å². The van der Waals surface area contributed by atoms with Gasteiger partial charge in [-0.05, 0) is 30.2 Å². The summed E-state index contributed by atoms with van der Waals surface area (Å²) in [5.74, 6) is 0.486. The van der Waals surface area contributed by atoms with Crippen LogP contribution in [-0.4, -0.2) is 22.3 Å². The van der Waals surface area contributed by atoms with E-state index in [0.29, 0.717) is 12.3 Å². The Morgan fingerprint density at radius 2 is 1.95 bits per heavy atom. The maximum Gasteiger partial charge on any atom is 0.233 e. The van der Waals surface area contributed by atoms with Crippen molar-refractivity contribution in [3.05, 3.63) is 59.9 Å². The summed E-state index contributed by atoms with van der Waals surface area (Å²) >= 11 is 0. The van der Waals surface area contributed by atoms with E-state index in [2.05, 4.69) is 21.2 Å². The Hall–Kier alpha value is -2.53. The molecule has 0 aliphatic heterocycles. The normalized spacial score (nSPS) is 12.3. The second kappa shape index (κ2) is 5.85. The third kappa shape index (κ3) is 2.83. The van der Waals surface area contributed by atoms with Gasteiger partial charge < -0.3 is 10.5 Å². The number of fused-ring (bicyclic) bond motifs is 1. The van der Waals surface area contributed by atoms with Gasteiger partial charge in [0.15, 0.2) is 0 Å². The van der Waals surface area contributed by atoms with Crippen LogP contribution in [0.25, 0.3) is 10.9 Å². The van der Waals surface area contributed by atoms with Crippen LogP contribution >= 0.6 is 0 Å². The molecule has 0 aliphatic rings. The highest BCUT2D eigenvalue weighted by Crippen LogP contribution is 2.21. The lowest BCUT2D eigenvalue weighted by molar-refractivity contribution is 0.390. The Bertz CT molecular complexity index is 737. The molecule has 1 aromatic carbocycles. The molecule has 21 heavy (non-hydrogen) atoms.